The molecule has 0 spiro atoms. The summed E-state index contributed by atoms with van der Waals surface area (Å²) in [5, 5.41) is 0. The first-order valence-electron chi connectivity index (χ1n) is 6.50. The minimum absolute atomic E-state index is 0.0135. The van der Waals surface area contributed by atoms with E-state index in [0.717, 1.165) is 12.8 Å². The van der Waals surface area contributed by atoms with Gasteiger partial charge in [0.1, 0.15) is 0 Å². The molecule has 0 bridgehead atoms. The van der Waals surface area contributed by atoms with Crippen molar-refractivity contribution in [1.29, 1.82) is 0 Å². The average molecular weight is 234 g/mol. The van der Waals surface area contributed by atoms with Gasteiger partial charge in [-0.15, -0.1) is 0 Å². The highest BCUT2D eigenvalue weighted by Gasteiger charge is 2.10. The third-order valence-corrected chi connectivity index (χ3v) is 2.78. The van der Waals surface area contributed by atoms with Gasteiger partial charge in [0.05, 0.1) is 11.7 Å². The molecule has 2 heteroatoms. The highest BCUT2D eigenvalue weighted by atomic mass is 16.5. The van der Waals surface area contributed by atoms with Crippen LogP contribution in [-0.4, -0.2) is 12.1 Å². The molecule has 0 aliphatic carbocycles. The second-order valence-corrected chi connectivity index (χ2v) is 4.43. The number of esters is 1. The van der Waals surface area contributed by atoms with Crippen LogP contribution in [0.1, 0.15) is 56.3 Å². The van der Waals surface area contributed by atoms with Crippen molar-refractivity contribution < 1.29 is 9.53 Å². The fourth-order valence-corrected chi connectivity index (χ4v) is 1.74. The third kappa shape index (κ3) is 5.53. The first-order chi connectivity index (χ1) is 8.24. The number of unbranched alkanes of at least 4 members (excludes halogenated alkanes) is 3. The summed E-state index contributed by atoms with van der Waals surface area (Å²) in [6.45, 7) is 4.16. The van der Waals surface area contributed by atoms with Gasteiger partial charge in [0.15, 0.2) is 0 Å². The van der Waals surface area contributed by atoms with Crippen molar-refractivity contribution in [3.63, 3.8) is 0 Å². The molecule has 94 valence electrons. The summed E-state index contributed by atoms with van der Waals surface area (Å²) in [4.78, 5) is 11.7. The molecule has 2 nitrogen and oxygen atoms in total. The van der Waals surface area contributed by atoms with Crippen molar-refractivity contribution in [3.8, 4) is 0 Å². The van der Waals surface area contributed by atoms with Crippen LogP contribution in [0.15, 0.2) is 30.3 Å². The van der Waals surface area contributed by atoms with Gasteiger partial charge in [0, 0.05) is 0 Å². The van der Waals surface area contributed by atoms with Crippen molar-refractivity contribution in [1.82, 2.24) is 0 Å². The summed E-state index contributed by atoms with van der Waals surface area (Å²) < 4.78 is 5.38. The molecule has 0 aromatic heterocycles. The molecule has 0 N–H and O–H groups in total. The summed E-state index contributed by atoms with van der Waals surface area (Å²) in [6.07, 6.45) is 5.83. The van der Waals surface area contributed by atoms with Crippen LogP contribution in [-0.2, 0) is 4.74 Å². The van der Waals surface area contributed by atoms with Crippen molar-refractivity contribution in [3.05, 3.63) is 35.9 Å². The molecular formula is C15H22O2. The molecule has 1 aromatic carbocycles. The second kappa shape index (κ2) is 7.88. The van der Waals surface area contributed by atoms with Gasteiger partial charge in [0.25, 0.3) is 0 Å². The SMILES string of the molecule is CCCCCC[C@H](C)OC(=O)c1ccccc1. The Kier molecular flexibility index (Phi) is 6.38. The Hall–Kier alpha value is -1.31. The third-order valence-electron chi connectivity index (χ3n) is 2.78. The van der Waals surface area contributed by atoms with Crippen LogP contribution < -0.4 is 0 Å². The Morgan fingerprint density at radius 1 is 1.18 bits per heavy atom. The fraction of sp³-hybridized carbons (Fsp3) is 0.533. The van der Waals surface area contributed by atoms with Crippen LogP contribution in [0.3, 0.4) is 0 Å². The van der Waals surface area contributed by atoms with E-state index in [1.165, 1.54) is 19.3 Å². The zero-order valence-electron chi connectivity index (χ0n) is 10.8. The second-order valence-electron chi connectivity index (χ2n) is 4.43. The minimum atomic E-state index is -0.214. The molecule has 0 heterocycles. The molecular weight excluding hydrogens is 212 g/mol. The zero-order valence-corrected chi connectivity index (χ0v) is 10.8. The van der Waals surface area contributed by atoms with Gasteiger partial charge in [-0.1, -0.05) is 44.4 Å². The topological polar surface area (TPSA) is 26.3 Å². The molecule has 1 aromatic rings. The molecule has 0 radical (unpaired) electrons. The van der Waals surface area contributed by atoms with E-state index in [2.05, 4.69) is 6.92 Å². The Morgan fingerprint density at radius 2 is 1.88 bits per heavy atom. The maximum Gasteiger partial charge on any atom is 0.338 e. The van der Waals surface area contributed by atoms with Crippen LogP contribution in [0.25, 0.3) is 0 Å². The molecule has 0 unspecified atom stereocenters. The summed E-state index contributed by atoms with van der Waals surface area (Å²) in [5.74, 6) is -0.214. The van der Waals surface area contributed by atoms with E-state index in [-0.39, 0.29) is 12.1 Å². The summed E-state index contributed by atoms with van der Waals surface area (Å²) >= 11 is 0. The largest absolute Gasteiger partial charge is 0.459 e. The van der Waals surface area contributed by atoms with E-state index in [9.17, 15) is 4.79 Å². The van der Waals surface area contributed by atoms with Gasteiger partial charge in [-0.2, -0.15) is 0 Å². The average Bonchev–Trinajstić information content (AvgIpc) is 2.36. The normalized spacial score (nSPS) is 12.1. The zero-order chi connectivity index (χ0) is 12.5. The molecule has 0 aliphatic rings. The molecule has 0 aliphatic heterocycles. The van der Waals surface area contributed by atoms with E-state index in [1.807, 2.05) is 25.1 Å². The highest BCUT2D eigenvalue weighted by Crippen LogP contribution is 2.10. The van der Waals surface area contributed by atoms with Crippen molar-refractivity contribution in [2.24, 2.45) is 0 Å². The summed E-state index contributed by atoms with van der Waals surface area (Å²) in [6, 6.07) is 9.16. The smallest absolute Gasteiger partial charge is 0.338 e. The van der Waals surface area contributed by atoms with Crippen molar-refractivity contribution in [2.45, 2.75) is 52.1 Å². The van der Waals surface area contributed by atoms with Crippen molar-refractivity contribution >= 4 is 5.97 Å². The van der Waals surface area contributed by atoms with E-state index in [0.29, 0.717) is 5.56 Å². The lowest BCUT2D eigenvalue weighted by Crippen LogP contribution is -2.14. The van der Waals surface area contributed by atoms with Crippen LogP contribution in [0.4, 0.5) is 0 Å². The number of benzene rings is 1. The number of ether oxygens (including phenoxy) is 1. The van der Waals surface area contributed by atoms with Crippen LogP contribution in [0.2, 0.25) is 0 Å². The first kappa shape index (κ1) is 13.8. The predicted molar refractivity (Wildman–Crippen MR) is 70.1 cm³/mol. The highest BCUT2D eigenvalue weighted by molar-refractivity contribution is 5.89. The quantitative estimate of drug-likeness (QED) is 0.522. The van der Waals surface area contributed by atoms with Gasteiger partial charge < -0.3 is 4.74 Å². The lowest BCUT2D eigenvalue weighted by Gasteiger charge is -2.12. The van der Waals surface area contributed by atoms with Gasteiger partial charge in [0.2, 0.25) is 0 Å². The molecule has 1 atom stereocenters. The number of rotatable bonds is 7. The predicted octanol–water partition coefficient (Wildman–Crippen LogP) is 4.20. The maximum absolute atomic E-state index is 11.7. The van der Waals surface area contributed by atoms with Crippen LogP contribution in [0.5, 0.6) is 0 Å². The molecule has 1 rings (SSSR count). The number of hydrogen-bond donors (Lipinski definition) is 0. The van der Waals surface area contributed by atoms with E-state index in [1.54, 1.807) is 12.1 Å². The fourth-order valence-electron chi connectivity index (χ4n) is 1.74. The van der Waals surface area contributed by atoms with E-state index >= 15 is 0 Å². The molecule has 17 heavy (non-hydrogen) atoms. The van der Waals surface area contributed by atoms with Crippen molar-refractivity contribution in [2.75, 3.05) is 0 Å². The van der Waals surface area contributed by atoms with Gasteiger partial charge in [-0.25, -0.2) is 4.79 Å². The van der Waals surface area contributed by atoms with Gasteiger partial charge in [-0.3, -0.25) is 0 Å². The van der Waals surface area contributed by atoms with E-state index < -0.39 is 0 Å². The van der Waals surface area contributed by atoms with Gasteiger partial charge in [-0.05, 0) is 31.9 Å². The Bertz CT molecular complexity index is 319. The number of carbonyl (C=O) groups is 1. The Morgan fingerprint density at radius 3 is 2.53 bits per heavy atom. The summed E-state index contributed by atoms with van der Waals surface area (Å²) in [7, 11) is 0. The van der Waals surface area contributed by atoms with E-state index in [4.69, 9.17) is 4.74 Å². The molecule has 0 saturated heterocycles. The van der Waals surface area contributed by atoms with Crippen LogP contribution in [0, 0.1) is 0 Å². The lowest BCUT2D eigenvalue weighted by atomic mass is 10.1. The Balaban J connectivity index is 2.26. The molecule has 0 fully saturated rings. The summed E-state index contributed by atoms with van der Waals surface area (Å²) in [5.41, 5.74) is 0.632. The molecule has 0 amide bonds. The number of hydrogen-bond acceptors (Lipinski definition) is 2. The first-order valence-corrected chi connectivity index (χ1v) is 6.50. The van der Waals surface area contributed by atoms with Crippen LogP contribution >= 0.6 is 0 Å². The van der Waals surface area contributed by atoms with Gasteiger partial charge >= 0.3 is 5.97 Å². The standard InChI is InChI=1S/C15H22O2/c1-3-4-5-7-10-13(2)17-15(16)14-11-8-6-9-12-14/h6,8-9,11-13H,3-5,7,10H2,1-2H3/t13-/m0/s1. The number of carbonyl (C=O) groups excluding carboxylic acids is 1. The monoisotopic (exact) mass is 234 g/mol. The minimum Gasteiger partial charge on any atom is -0.459 e. The Labute approximate surface area is 104 Å². The maximum atomic E-state index is 11.7. The molecule has 0 saturated carbocycles. The lowest BCUT2D eigenvalue weighted by molar-refractivity contribution is 0.0319.